The summed E-state index contributed by atoms with van der Waals surface area (Å²) in [5, 5.41) is 20.6. The van der Waals surface area contributed by atoms with Crippen molar-refractivity contribution in [2.45, 2.75) is 32.0 Å². The van der Waals surface area contributed by atoms with Crippen molar-refractivity contribution < 1.29 is 14.9 Å². The second-order valence-corrected chi connectivity index (χ2v) is 5.39. The minimum Gasteiger partial charge on any atom is -0.490 e. The maximum atomic E-state index is 10.5. The first-order valence-electron chi connectivity index (χ1n) is 7.22. The standard InChI is InChI=1S/C18H22O3/c1-3-16(19)15-11-7-8-12-17(15)21-13-18(2,20)14-9-5-4-6-10-14/h4-12,16,19-20H,3,13H2,1-2H3/t16-,18?/m1/s1. The fraction of sp³-hybridized carbons (Fsp3) is 0.333. The van der Waals surface area contributed by atoms with Gasteiger partial charge in [0.1, 0.15) is 18.0 Å². The van der Waals surface area contributed by atoms with Crippen molar-refractivity contribution in [3.63, 3.8) is 0 Å². The van der Waals surface area contributed by atoms with Crippen LogP contribution in [0.2, 0.25) is 0 Å². The largest absolute Gasteiger partial charge is 0.490 e. The number of aliphatic hydroxyl groups is 2. The average molecular weight is 286 g/mol. The van der Waals surface area contributed by atoms with Gasteiger partial charge in [-0.05, 0) is 25.0 Å². The van der Waals surface area contributed by atoms with E-state index in [-0.39, 0.29) is 6.61 Å². The van der Waals surface area contributed by atoms with Crippen LogP contribution in [0, 0.1) is 0 Å². The fourth-order valence-corrected chi connectivity index (χ4v) is 2.21. The van der Waals surface area contributed by atoms with E-state index in [4.69, 9.17) is 4.74 Å². The molecular weight excluding hydrogens is 264 g/mol. The zero-order valence-electron chi connectivity index (χ0n) is 12.5. The predicted octanol–water partition coefficient (Wildman–Crippen LogP) is 3.42. The molecule has 0 radical (unpaired) electrons. The smallest absolute Gasteiger partial charge is 0.125 e. The van der Waals surface area contributed by atoms with Crippen LogP contribution in [-0.2, 0) is 5.60 Å². The number of ether oxygens (including phenoxy) is 1. The van der Waals surface area contributed by atoms with Crippen LogP contribution in [0.5, 0.6) is 5.75 Å². The highest BCUT2D eigenvalue weighted by Crippen LogP contribution is 2.29. The predicted molar refractivity (Wildman–Crippen MR) is 83.2 cm³/mol. The Bertz CT molecular complexity index is 564. The van der Waals surface area contributed by atoms with E-state index in [9.17, 15) is 10.2 Å². The van der Waals surface area contributed by atoms with Gasteiger partial charge in [0.2, 0.25) is 0 Å². The lowest BCUT2D eigenvalue weighted by Gasteiger charge is -2.25. The second-order valence-electron chi connectivity index (χ2n) is 5.39. The molecule has 3 heteroatoms. The Morgan fingerprint density at radius 3 is 2.33 bits per heavy atom. The van der Waals surface area contributed by atoms with Gasteiger partial charge in [0.25, 0.3) is 0 Å². The quantitative estimate of drug-likeness (QED) is 0.855. The molecule has 3 nitrogen and oxygen atoms in total. The molecule has 2 aromatic carbocycles. The van der Waals surface area contributed by atoms with E-state index in [1.165, 1.54) is 0 Å². The van der Waals surface area contributed by atoms with Crippen molar-refractivity contribution in [3.8, 4) is 5.75 Å². The van der Waals surface area contributed by atoms with Crippen LogP contribution < -0.4 is 4.74 Å². The molecule has 0 saturated heterocycles. The van der Waals surface area contributed by atoms with E-state index in [1.54, 1.807) is 6.92 Å². The van der Waals surface area contributed by atoms with Crippen molar-refractivity contribution in [1.29, 1.82) is 0 Å². The summed E-state index contributed by atoms with van der Waals surface area (Å²) in [6.45, 7) is 3.77. The van der Waals surface area contributed by atoms with Gasteiger partial charge in [0.15, 0.2) is 0 Å². The van der Waals surface area contributed by atoms with Gasteiger partial charge in [-0.2, -0.15) is 0 Å². The first-order valence-corrected chi connectivity index (χ1v) is 7.22. The molecule has 21 heavy (non-hydrogen) atoms. The lowest BCUT2D eigenvalue weighted by molar-refractivity contribution is 0.00641. The van der Waals surface area contributed by atoms with Crippen LogP contribution in [0.3, 0.4) is 0 Å². The van der Waals surface area contributed by atoms with Gasteiger partial charge < -0.3 is 14.9 Å². The van der Waals surface area contributed by atoms with Crippen LogP contribution in [0.15, 0.2) is 54.6 Å². The van der Waals surface area contributed by atoms with Crippen LogP contribution >= 0.6 is 0 Å². The number of benzene rings is 2. The number of hydrogen-bond donors (Lipinski definition) is 2. The Hall–Kier alpha value is -1.84. The summed E-state index contributed by atoms with van der Waals surface area (Å²) in [5.74, 6) is 0.614. The summed E-state index contributed by atoms with van der Waals surface area (Å²) in [6, 6.07) is 16.8. The van der Waals surface area contributed by atoms with E-state index in [0.29, 0.717) is 12.2 Å². The Labute approximate surface area is 125 Å². The van der Waals surface area contributed by atoms with Crippen molar-refractivity contribution in [1.82, 2.24) is 0 Å². The summed E-state index contributed by atoms with van der Waals surface area (Å²) in [4.78, 5) is 0. The molecule has 0 amide bonds. The van der Waals surface area contributed by atoms with Crippen molar-refractivity contribution in [3.05, 3.63) is 65.7 Å². The minimum absolute atomic E-state index is 0.129. The molecule has 112 valence electrons. The minimum atomic E-state index is -1.08. The molecule has 2 aromatic rings. The van der Waals surface area contributed by atoms with Gasteiger partial charge in [-0.25, -0.2) is 0 Å². The fourth-order valence-electron chi connectivity index (χ4n) is 2.21. The van der Waals surface area contributed by atoms with E-state index in [2.05, 4.69) is 0 Å². The van der Waals surface area contributed by atoms with Crippen molar-refractivity contribution in [2.24, 2.45) is 0 Å². The van der Waals surface area contributed by atoms with Gasteiger partial charge in [-0.15, -0.1) is 0 Å². The molecule has 0 bridgehead atoms. The monoisotopic (exact) mass is 286 g/mol. The zero-order valence-corrected chi connectivity index (χ0v) is 12.5. The van der Waals surface area contributed by atoms with Crippen LogP contribution in [-0.4, -0.2) is 16.8 Å². The lowest BCUT2D eigenvalue weighted by atomic mass is 9.97. The first-order chi connectivity index (χ1) is 10.0. The number of rotatable bonds is 6. The molecule has 2 atom stereocenters. The third-order valence-corrected chi connectivity index (χ3v) is 3.57. The van der Waals surface area contributed by atoms with Gasteiger partial charge in [0, 0.05) is 5.56 Å². The average Bonchev–Trinajstić information content (AvgIpc) is 2.53. The van der Waals surface area contributed by atoms with Crippen LogP contribution in [0.1, 0.15) is 37.5 Å². The van der Waals surface area contributed by atoms with E-state index in [0.717, 1.165) is 11.1 Å². The highest BCUT2D eigenvalue weighted by molar-refractivity contribution is 5.35. The molecule has 1 unspecified atom stereocenters. The Morgan fingerprint density at radius 1 is 1.05 bits per heavy atom. The van der Waals surface area contributed by atoms with Crippen molar-refractivity contribution >= 4 is 0 Å². The molecule has 0 aliphatic carbocycles. The van der Waals surface area contributed by atoms with E-state index >= 15 is 0 Å². The molecule has 0 spiro atoms. The summed E-state index contributed by atoms with van der Waals surface area (Å²) in [7, 11) is 0. The van der Waals surface area contributed by atoms with Gasteiger partial charge >= 0.3 is 0 Å². The molecular formula is C18H22O3. The molecule has 0 aliphatic heterocycles. The maximum Gasteiger partial charge on any atom is 0.125 e. The summed E-state index contributed by atoms with van der Waals surface area (Å²) >= 11 is 0. The SMILES string of the molecule is CC[C@@H](O)c1ccccc1OCC(C)(O)c1ccccc1. The maximum absolute atomic E-state index is 10.5. The molecule has 0 aliphatic rings. The Kier molecular flexibility index (Phi) is 4.99. The van der Waals surface area contributed by atoms with Crippen LogP contribution in [0.4, 0.5) is 0 Å². The van der Waals surface area contributed by atoms with Gasteiger partial charge in [-0.3, -0.25) is 0 Å². The highest BCUT2D eigenvalue weighted by Gasteiger charge is 2.24. The molecule has 2 N–H and O–H groups in total. The third-order valence-electron chi connectivity index (χ3n) is 3.57. The van der Waals surface area contributed by atoms with Gasteiger partial charge in [0.05, 0.1) is 6.10 Å². The normalized spacial score (nSPS) is 15.2. The van der Waals surface area contributed by atoms with E-state index in [1.807, 2.05) is 61.5 Å². The van der Waals surface area contributed by atoms with Gasteiger partial charge in [-0.1, -0.05) is 55.5 Å². The summed E-state index contributed by atoms with van der Waals surface area (Å²) in [5.41, 5.74) is 0.480. The summed E-state index contributed by atoms with van der Waals surface area (Å²) < 4.78 is 5.77. The topological polar surface area (TPSA) is 49.7 Å². The zero-order chi connectivity index (χ0) is 15.3. The lowest BCUT2D eigenvalue weighted by Crippen LogP contribution is -2.29. The van der Waals surface area contributed by atoms with E-state index < -0.39 is 11.7 Å². The molecule has 0 fully saturated rings. The Balaban J connectivity index is 2.13. The van der Waals surface area contributed by atoms with Crippen LogP contribution in [0.25, 0.3) is 0 Å². The Morgan fingerprint density at radius 2 is 1.67 bits per heavy atom. The number of hydrogen-bond acceptors (Lipinski definition) is 3. The van der Waals surface area contributed by atoms with Crippen molar-refractivity contribution in [2.75, 3.05) is 6.61 Å². The molecule has 0 heterocycles. The number of aliphatic hydroxyl groups excluding tert-OH is 1. The summed E-state index contributed by atoms with van der Waals surface area (Å²) in [6.07, 6.45) is 0.0676. The first kappa shape index (κ1) is 15.5. The number of para-hydroxylation sites is 1. The molecule has 0 aromatic heterocycles. The molecule has 2 rings (SSSR count). The highest BCUT2D eigenvalue weighted by atomic mass is 16.5. The second kappa shape index (κ2) is 6.74. The molecule has 0 saturated carbocycles. The third kappa shape index (κ3) is 3.84.